The highest BCUT2D eigenvalue weighted by Crippen LogP contribution is 2.23. The van der Waals surface area contributed by atoms with E-state index in [-0.39, 0.29) is 0 Å². The molecule has 0 aliphatic rings. The van der Waals surface area contributed by atoms with Gasteiger partial charge in [-0.05, 0) is 24.1 Å². The van der Waals surface area contributed by atoms with Gasteiger partial charge in [-0.2, -0.15) is 5.10 Å². The maximum atomic E-state index is 5.61. The summed E-state index contributed by atoms with van der Waals surface area (Å²) in [5.41, 5.74) is 10.5. The lowest BCUT2D eigenvalue weighted by molar-refractivity contribution is 0.739. The van der Waals surface area contributed by atoms with Gasteiger partial charge in [0.05, 0.1) is 5.69 Å². The molecule has 0 saturated heterocycles. The van der Waals surface area contributed by atoms with Crippen LogP contribution in [0.3, 0.4) is 0 Å². The summed E-state index contributed by atoms with van der Waals surface area (Å²) < 4.78 is 1.86. The standard InChI is InChI=1S/C14H19N3/c1-3-11-4-6-12(7-5-11)13-10-17(2)16-14(13)8-9-15/h4-7,10H,3,8-9,15H2,1-2H3. The molecule has 0 unspecified atom stereocenters. The topological polar surface area (TPSA) is 43.8 Å². The number of aromatic nitrogens is 2. The Kier molecular flexibility index (Phi) is 3.59. The van der Waals surface area contributed by atoms with Crippen LogP contribution in [0.1, 0.15) is 18.2 Å². The fourth-order valence-electron chi connectivity index (χ4n) is 2.02. The molecule has 0 amide bonds. The average Bonchev–Trinajstić information content (AvgIpc) is 2.71. The van der Waals surface area contributed by atoms with Crippen molar-refractivity contribution in [2.45, 2.75) is 19.8 Å². The number of benzene rings is 1. The van der Waals surface area contributed by atoms with Gasteiger partial charge < -0.3 is 5.73 Å². The van der Waals surface area contributed by atoms with E-state index in [2.05, 4.69) is 42.5 Å². The lowest BCUT2D eigenvalue weighted by atomic mass is 10.0. The number of aryl methyl sites for hydroxylation is 2. The minimum absolute atomic E-state index is 0.636. The van der Waals surface area contributed by atoms with E-state index in [9.17, 15) is 0 Å². The molecule has 1 heterocycles. The number of nitrogens with two attached hydrogens (primary N) is 1. The zero-order valence-electron chi connectivity index (χ0n) is 10.5. The SMILES string of the molecule is CCc1ccc(-c2cn(C)nc2CCN)cc1. The van der Waals surface area contributed by atoms with Crippen LogP contribution in [0.15, 0.2) is 30.5 Å². The molecule has 0 atom stereocenters. The first-order chi connectivity index (χ1) is 8.24. The van der Waals surface area contributed by atoms with E-state index in [4.69, 9.17) is 5.73 Å². The van der Waals surface area contributed by atoms with Crippen LogP contribution in [-0.2, 0) is 19.9 Å². The highest BCUT2D eigenvalue weighted by Gasteiger charge is 2.08. The van der Waals surface area contributed by atoms with Gasteiger partial charge in [0, 0.05) is 25.2 Å². The Morgan fingerprint density at radius 1 is 1.24 bits per heavy atom. The van der Waals surface area contributed by atoms with Gasteiger partial charge in [0.2, 0.25) is 0 Å². The molecule has 0 fully saturated rings. The van der Waals surface area contributed by atoms with E-state index < -0.39 is 0 Å². The summed E-state index contributed by atoms with van der Waals surface area (Å²) in [5, 5.41) is 4.46. The highest BCUT2D eigenvalue weighted by molar-refractivity contribution is 5.65. The van der Waals surface area contributed by atoms with Gasteiger partial charge in [-0.15, -0.1) is 0 Å². The molecule has 0 saturated carbocycles. The summed E-state index contributed by atoms with van der Waals surface area (Å²) in [4.78, 5) is 0. The average molecular weight is 229 g/mol. The second kappa shape index (κ2) is 5.15. The van der Waals surface area contributed by atoms with Crippen LogP contribution in [0.2, 0.25) is 0 Å². The molecule has 17 heavy (non-hydrogen) atoms. The molecule has 3 nitrogen and oxygen atoms in total. The lowest BCUT2D eigenvalue weighted by Gasteiger charge is -2.02. The third-order valence-corrected chi connectivity index (χ3v) is 2.96. The fraction of sp³-hybridized carbons (Fsp3) is 0.357. The van der Waals surface area contributed by atoms with Crippen molar-refractivity contribution in [2.24, 2.45) is 12.8 Å². The van der Waals surface area contributed by atoms with Gasteiger partial charge in [0.15, 0.2) is 0 Å². The van der Waals surface area contributed by atoms with Crippen LogP contribution in [0.25, 0.3) is 11.1 Å². The molecular weight excluding hydrogens is 210 g/mol. The Bertz CT molecular complexity index is 483. The molecule has 0 radical (unpaired) electrons. The third kappa shape index (κ3) is 2.56. The van der Waals surface area contributed by atoms with E-state index in [0.717, 1.165) is 18.5 Å². The summed E-state index contributed by atoms with van der Waals surface area (Å²) >= 11 is 0. The van der Waals surface area contributed by atoms with Crippen molar-refractivity contribution in [3.8, 4) is 11.1 Å². The Labute approximate surface area is 102 Å². The molecular formula is C14H19N3. The maximum absolute atomic E-state index is 5.61. The predicted molar refractivity (Wildman–Crippen MR) is 70.8 cm³/mol. The van der Waals surface area contributed by atoms with Crippen LogP contribution in [0, 0.1) is 0 Å². The van der Waals surface area contributed by atoms with Gasteiger partial charge in [-0.25, -0.2) is 0 Å². The lowest BCUT2D eigenvalue weighted by Crippen LogP contribution is -2.04. The van der Waals surface area contributed by atoms with Gasteiger partial charge in [0.25, 0.3) is 0 Å². The Balaban J connectivity index is 2.37. The Hall–Kier alpha value is -1.61. The summed E-state index contributed by atoms with van der Waals surface area (Å²) in [7, 11) is 1.95. The summed E-state index contributed by atoms with van der Waals surface area (Å²) in [5.74, 6) is 0. The first-order valence-corrected chi connectivity index (χ1v) is 6.06. The van der Waals surface area contributed by atoms with Crippen LogP contribution in [-0.4, -0.2) is 16.3 Å². The van der Waals surface area contributed by atoms with Crippen molar-refractivity contribution >= 4 is 0 Å². The van der Waals surface area contributed by atoms with E-state index in [1.165, 1.54) is 16.7 Å². The minimum Gasteiger partial charge on any atom is -0.330 e. The zero-order valence-corrected chi connectivity index (χ0v) is 10.5. The van der Waals surface area contributed by atoms with E-state index in [1.54, 1.807) is 0 Å². The largest absolute Gasteiger partial charge is 0.330 e. The second-order valence-electron chi connectivity index (χ2n) is 4.25. The van der Waals surface area contributed by atoms with Crippen molar-refractivity contribution in [3.05, 3.63) is 41.7 Å². The molecule has 2 aromatic rings. The highest BCUT2D eigenvalue weighted by atomic mass is 15.2. The quantitative estimate of drug-likeness (QED) is 0.873. The van der Waals surface area contributed by atoms with Crippen LogP contribution in [0.5, 0.6) is 0 Å². The monoisotopic (exact) mass is 229 g/mol. The number of nitrogens with zero attached hydrogens (tertiary/aromatic N) is 2. The van der Waals surface area contributed by atoms with Crippen molar-refractivity contribution in [1.82, 2.24) is 9.78 Å². The molecule has 0 aliphatic carbocycles. The maximum Gasteiger partial charge on any atom is 0.0715 e. The molecule has 2 rings (SSSR count). The van der Waals surface area contributed by atoms with Crippen LogP contribution < -0.4 is 5.73 Å². The Morgan fingerprint density at radius 2 is 1.94 bits per heavy atom. The van der Waals surface area contributed by atoms with Crippen molar-refractivity contribution < 1.29 is 0 Å². The molecule has 0 bridgehead atoms. The summed E-state index contributed by atoms with van der Waals surface area (Å²) in [6, 6.07) is 8.68. The van der Waals surface area contributed by atoms with Crippen LogP contribution >= 0.6 is 0 Å². The van der Waals surface area contributed by atoms with E-state index in [0.29, 0.717) is 6.54 Å². The zero-order chi connectivity index (χ0) is 12.3. The first kappa shape index (κ1) is 11.9. The molecule has 1 aromatic heterocycles. The number of rotatable bonds is 4. The first-order valence-electron chi connectivity index (χ1n) is 6.06. The number of hydrogen-bond acceptors (Lipinski definition) is 2. The predicted octanol–water partition coefficient (Wildman–Crippen LogP) is 2.15. The minimum atomic E-state index is 0.636. The van der Waals surface area contributed by atoms with E-state index >= 15 is 0 Å². The third-order valence-electron chi connectivity index (χ3n) is 2.96. The van der Waals surface area contributed by atoms with Crippen LogP contribution in [0.4, 0.5) is 0 Å². The molecule has 3 heteroatoms. The van der Waals surface area contributed by atoms with Gasteiger partial charge in [0.1, 0.15) is 0 Å². The summed E-state index contributed by atoms with van der Waals surface area (Å²) in [6.07, 6.45) is 3.96. The normalized spacial score (nSPS) is 10.8. The molecule has 0 spiro atoms. The second-order valence-corrected chi connectivity index (χ2v) is 4.25. The Morgan fingerprint density at radius 3 is 2.53 bits per heavy atom. The van der Waals surface area contributed by atoms with Crippen molar-refractivity contribution in [2.75, 3.05) is 6.54 Å². The molecule has 0 aliphatic heterocycles. The van der Waals surface area contributed by atoms with Gasteiger partial charge >= 0.3 is 0 Å². The van der Waals surface area contributed by atoms with E-state index in [1.807, 2.05) is 11.7 Å². The molecule has 2 N–H and O–H groups in total. The number of hydrogen-bond donors (Lipinski definition) is 1. The summed E-state index contributed by atoms with van der Waals surface area (Å²) in [6.45, 7) is 2.80. The van der Waals surface area contributed by atoms with Crippen molar-refractivity contribution in [1.29, 1.82) is 0 Å². The van der Waals surface area contributed by atoms with Gasteiger partial charge in [-0.3, -0.25) is 4.68 Å². The molecule has 1 aromatic carbocycles. The fourth-order valence-corrected chi connectivity index (χ4v) is 2.02. The smallest absolute Gasteiger partial charge is 0.0715 e. The van der Waals surface area contributed by atoms with Crippen molar-refractivity contribution in [3.63, 3.8) is 0 Å². The van der Waals surface area contributed by atoms with Gasteiger partial charge in [-0.1, -0.05) is 31.2 Å². The molecule has 90 valence electrons.